The SMILES string of the molecule is C[C@H](N)C(=O)N[C@@H](CCC(=O)OCc1ccccc1)C(=O)OCc1ccccc1.Cl. The van der Waals surface area contributed by atoms with Crippen LogP contribution < -0.4 is 11.1 Å². The smallest absolute Gasteiger partial charge is 0.328 e. The van der Waals surface area contributed by atoms with Crippen LogP contribution in [-0.2, 0) is 37.1 Å². The largest absolute Gasteiger partial charge is 0.461 e. The van der Waals surface area contributed by atoms with Crippen LogP contribution in [0.15, 0.2) is 60.7 Å². The molecule has 8 heteroatoms. The number of halogens is 1. The minimum atomic E-state index is -0.985. The van der Waals surface area contributed by atoms with Gasteiger partial charge in [-0.3, -0.25) is 9.59 Å². The molecule has 3 N–H and O–H groups in total. The number of carbonyl (C=O) groups excluding carboxylic acids is 3. The van der Waals surface area contributed by atoms with E-state index in [1.807, 2.05) is 60.7 Å². The number of carbonyl (C=O) groups is 3. The lowest BCUT2D eigenvalue weighted by Gasteiger charge is -2.18. The first-order valence-corrected chi connectivity index (χ1v) is 9.41. The summed E-state index contributed by atoms with van der Waals surface area (Å²) < 4.78 is 10.5. The average Bonchev–Trinajstić information content (AvgIpc) is 2.74. The van der Waals surface area contributed by atoms with Crippen molar-refractivity contribution < 1.29 is 23.9 Å². The standard InChI is InChI=1S/C22H26N2O5.ClH/c1-16(23)21(26)24-19(22(27)29-15-18-10-6-3-7-11-18)12-13-20(25)28-14-17-8-4-2-5-9-17;/h2-11,16,19H,12-15,23H2,1H3,(H,24,26);1H/t16-,19-;/m0./s1. The van der Waals surface area contributed by atoms with Crippen molar-refractivity contribution in [3.63, 3.8) is 0 Å². The molecule has 0 heterocycles. The monoisotopic (exact) mass is 434 g/mol. The van der Waals surface area contributed by atoms with Crippen LogP contribution in [0.4, 0.5) is 0 Å². The molecule has 0 spiro atoms. The first kappa shape index (κ1) is 25.1. The number of rotatable bonds is 10. The minimum Gasteiger partial charge on any atom is -0.461 e. The topological polar surface area (TPSA) is 108 Å². The van der Waals surface area contributed by atoms with E-state index in [4.69, 9.17) is 15.2 Å². The van der Waals surface area contributed by atoms with E-state index < -0.39 is 29.9 Å². The summed E-state index contributed by atoms with van der Waals surface area (Å²) in [5.41, 5.74) is 7.25. The van der Waals surface area contributed by atoms with E-state index in [2.05, 4.69) is 5.32 Å². The maximum Gasteiger partial charge on any atom is 0.328 e. The van der Waals surface area contributed by atoms with Gasteiger partial charge in [-0.25, -0.2) is 4.79 Å². The molecular weight excluding hydrogens is 408 g/mol. The fraction of sp³-hybridized carbons (Fsp3) is 0.318. The first-order valence-electron chi connectivity index (χ1n) is 9.41. The maximum absolute atomic E-state index is 12.4. The molecule has 0 unspecified atom stereocenters. The molecule has 0 saturated heterocycles. The summed E-state index contributed by atoms with van der Waals surface area (Å²) in [4.78, 5) is 36.4. The third kappa shape index (κ3) is 9.07. The molecular formula is C22H27ClN2O5. The van der Waals surface area contributed by atoms with E-state index in [1.54, 1.807) is 0 Å². The Morgan fingerprint density at radius 1 is 0.900 bits per heavy atom. The fourth-order valence-corrected chi connectivity index (χ4v) is 2.45. The number of nitrogens with one attached hydrogen (secondary N) is 1. The molecule has 0 bridgehead atoms. The van der Waals surface area contributed by atoms with Gasteiger partial charge in [0.2, 0.25) is 5.91 Å². The second-order valence-electron chi connectivity index (χ2n) is 6.63. The highest BCUT2D eigenvalue weighted by Crippen LogP contribution is 2.08. The molecule has 162 valence electrons. The summed E-state index contributed by atoms with van der Waals surface area (Å²) >= 11 is 0. The van der Waals surface area contributed by atoms with Crippen molar-refractivity contribution >= 4 is 30.3 Å². The third-order valence-corrected chi connectivity index (χ3v) is 4.12. The van der Waals surface area contributed by atoms with Gasteiger partial charge < -0.3 is 20.5 Å². The van der Waals surface area contributed by atoms with Crippen LogP contribution in [0.2, 0.25) is 0 Å². The van der Waals surface area contributed by atoms with E-state index in [0.717, 1.165) is 11.1 Å². The summed E-state index contributed by atoms with van der Waals surface area (Å²) in [6.45, 7) is 1.73. The Morgan fingerprint density at radius 2 is 1.40 bits per heavy atom. The fourth-order valence-electron chi connectivity index (χ4n) is 2.45. The van der Waals surface area contributed by atoms with Crippen LogP contribution >= 0.6 is 12.4 Å². The Balaban J connectivity index is 0.00000450. The van der Waals surface area contributed by atoms with Crippen LogP contribution in [0, 0.1) is 0 Å². The summed E-state index contributed by atoms with van der Waals surface area (Å²) in [6, 6.07) is 16.7. The summed E-state index contributed by atoms with van der Waals surface area (Å²) in [6.07, 6.45) is 0.0108. The zero-order valence-corrected chi connectivity index (χ0v) is 17.6. The van der Waals surface area contributed by atoms with Gasteiger partial charge in [0.15, 0.2) is 0 Å². The molecule has 0 fully saturated rings. The summed E-state index contributed by atoms with van der Waals surface area (Å²) in [7, 11) is 0. The van der Waals surface area contributed by atoms with Gasteiger partial charge in [0.25, 0.3) is 0 Å². The van der Waals surface area contributed by atoms with Gasteiger partial charge in [0.1, 0.15) is 19.3 Å². The molecule has 30 heavy (non-hydrogen) atoms. The Morgan fingerprint density at radius 3 is 1.90 bits per heavy atom. The normalized spacial score (nSPS) is 12.1. The molecule has 7 nitrogen and oxygen atoms in total. The molecule has 2 rings (SSSR count). The van der Waals surface area contributed by atoms with E-state index in [1.165, 1.54) is 6.92 Å². The predicted molar refractivity (Wildman–Crippen MR) is 115 cm³/mol. The Labute approximate surface area is 182 Å². The Bertz CT molecular complexity index is 800. The molecule has 2 aromatic rings. The molecule has 0 aromatic heterocycles. The maximum atomic E-state index is 12.4. The Kier molecular flexibility index (Phi) is 11.2. The van der Waals surface area contributed by atoms with E-state index >= 15 is 0 Å². The Hall–Kier alpha value is -2.90. The van der Waals surface area contributed by atoms with Gasteiger partial charge in [-0.15, -0.1) is 12.4 Å². The predicted octanol–water partition coefficient (Wildman–Crippen LogP) is 2.51. The van der Waals surface area contributed by atoms with E-state index in [0.29, 0.717) is 0 Å². The van der Waals surface area contributed by atoms with E-state index in [9.17, 15) is 14.4 Å². The zero-order chi connectivity index (χ0) is 21.1. The number of hydrogen-bond donors (Lipinski definition) is 2. The highest BCUT2D eigenvalue weighted by atomic mass is 35.5. The number of benzene rings is 2. The lowest BCUT2D eigenvalue weighted by atomic mass is 10.1. The molecule has 0 aliphatic heterocycles. The van der Waals surface area contributed by atoms with Crippen molar-refractivity contribution in [1.82, 2.24) is 5.32 Å². The van der Waals surface area contributed by atoms with Gasteiger partial charge in [-0.2, -0.15) is 0 Å². The quantitative estimate of drug-likeness (QED) is 0.556. The first-order chi connectivity index (χ1) is 14.0. The van der Waals surface area contributed by atoms with Gasteiger partial charge in [0, 0.05) is 6.42 Å². The average molecular weight is 435 g/mol. The molecule has 2 aromatic carbocycles. The second kappa shape index (κ2) is 13.3. The van der Waals surface area contributed by atoms with Crippen molar-refractivity contribution in [3.8, 4) is 0 Å². The summed E-state index contributed by atoms with van der Waals surface area (Å²) in [5.74, 6) is -1.59. The van der Waals surface area contributed by atoms with Gasteiger partial charge in [-0.1, -0.05) is 60.7 Å². The number of amides is 1. The molecule has 0 saturated carbocycles. The van der Waals surface area contributed by atoms with Crippen molar-refractivity contribution in [2.75, 3.05) is 0 Å². The van der Waals surface area contributed by atoms with Gasteiger partial charge >= 0.3 is 11.9 Å². The van der Waals surface area contributed by atoms with E-state index in [-0.39, 0.29) is 38.5 Å². The lowest BCUT2D eigenvalue weighted by Crippen LogP contribution is -2.48. The highest BCUT2D eigenvalue weighted by molar-refractivity contribution is 5.87. The molecule has 0 radical (unpaired) electrons. The molecule has 1 amide bonds. The highest BCUT2D eigenvalue weighted by Gasteiger charge is 2.25. The molecule has 0 aliphatic carbocycles. The van der Waals surface area contributed by atoms with Crippen LogP contribution in [0.1, 0.15) is 30.9 Å². The second-order valence-corrected chi connectivity index (χ2v) is 6.63. The van der Waals surface area contributed by atoms with Crippen LogP contribution in [-0.4, -0.2) is 29.9 Å². The lowest BCUT2D eigenvalue weighted by molar-refractivity contribution is -0.150. The molecule has 2 atom stereocenters. The summed E-state index contributed by atoms with van der Waals surface area (Å²) in [5, 5.41) is 2.54. The van der Waals surface area contributed by atoms with Crippen molar-refractivity contribution in [2.24, 2.45) is 5.73 Å². The van der Waals surface area contributed by atoms with Crippen LogP contribution in [0.3, 0.4) is 0 Å². The number of nitrogens with two attached hydrogens (primary N) is 1. The van der Waals surface area contributed by atoms with Crippen molar-refractivity contribution in [2.45, 2.75) is 45.1 Å². The number of hydrogen-bond acceptors (Lipinski definition) is 6. The van der Waals surface area contributed by atoms with Gasteiger partial charge in [0.05, 0.1) is 6.04 Å². The van der Waals surface area contributed by atoms with Gasteiger partial charge in [-0.05, 0) is 24.5 Å². The van der Waals surface area contributed by atoms with Crippen molar-refractivity contribution in [1.29, 1.82) is 0 Å². The zero-order valence-electron chi connectivity index (χ0n) is 16.8. The minimum absolute atomic E-state index is 0. The van der Waals surface area contributed by atoms with Crippen molar-refractivity contribution in [3.05, 3.63) is 71.8 Å². The number of esters is 2. The third-order valence-electron chi connectivity index (χ3n) is 4.12. The van der Waals surface area contributed by atoms with Crippen LogP contribution in [0.25, 0.3) is 0 Å². The molecule has 0 aliphatic rings. The van der Waals surface area contributed by atoms with Crippen LogP contribution in [0.5, 0.6) is 0 Å². The number of ether oxygens (including phenoxy) is 2.